The van der Waals surface area contributed by atoms with Crippen LogP contribution < -0.4 is 10.6 Å². The summed E-state index contributed by atoms with van der Waals surface area (Å²) in [5, 5.41) is 14.8. The fourth-order valence-corrected chi connectivity index (χ4v) is 1.85. The lowest BCUT2D eigenvalue weighted by Crippen LogP contribution is -2.16. The van der Waals surface area contributed by atoms with E-state index in [4.69, 9.17) is 5.26 Å². The van der Waals surface area contributed by atoms with E-state index >= 15 is 0 Å². The molecule has 1 heterocycles. The molecule has 0 aliphatic rings. The van der Waals surface area contributed by atoms with E-state index in [1.165, 1.54) is 0 Å². The molecule has 0 radical (unpaired) electrons. The second-order valence-corrected chi connectivity index (χ2v) is 5.03. The van der Waals surface area contributed by atoms with Gasteiger partial charge in [0.25, 0.3) is 5.91 Å². The third-order valence-corrected chi connectivity index (χ3v) is 3.29. The van der Waals surface area contributed by atoms with Gasteiger partial charge >= 0.3 is 0 Å². The lowest BCUT2D eigenvalue weighted by Gasteiger charge is -2.13. The maximum absolute atomic E-state index is 12.2. The molecule has 1 unspecified atom stereocenters. The zero-order valence-electron chi connectivity index (χ0n) is 12.6. The van der Waals surface area contributed by atoms with Gasteiger partial charge in [-0.1, -0.05) is 6.92 Å². The van der Waals surface area contributed by atoms with Gasteiger partial charge in [-0.15, -0.1) is 0 Å². The Morgan fingerprint density at radius 2 is 2.00 bits per heavy atom. The largest absolute Gasteiger partial charge is 0.382 e. The number of nitriles is 1. The Hall–Kier alpha value is -2.87. The number of nitrogens with one attached hydrogen (secondary N) is 2. The van der Waals surface area contributed by atoms with Gasteiger partial charge in [0.05, 0.1) is 11.6 Å². The molecule has 0 aliphatic heterocycles. The number of hydrogen-bond donors (Lipinski definition) is 2. The Kier molecular flexibility index (Phi) is 5.10. The van der Waals surface area contributed by atoms with Gasteiger partial charge in [-0.05, 0) is 49.7 Å². The van der Waals surface area contributed by atoms with Crippen molar-refractivity contribution in [2.75, 3.05) is 10.6 Å². The molecule has 0 saturated heterocycles. The molecule has 5 heteroatoms. The SMILES string of the molecule is CCC(C)Nc1ccnc(C(=O)Nc2ccc(C#N)cc2)c1. The van der Waals surface area contributed by atoms with Crippen molar-refractivity contribution >= 4 is 17.3 Å². The average molecular weight is 294 g/mol. The third kappa shape index (κ3) is 4.06. The van der Waals surface area contributed by atoms with Crippen LogP contribution in [0.2, 0.25) is 0 Å². The second kappa shape index (κ2) is 7.23. The van der Waals surface area contributed by atoms with Gasteiger partial charge in [0.15, 0.2) is 0 Å². The van der Waals surface area contributed by atoms with Gasteiger partial charge in [-0.2, -0.15) is 5.26 Å². The summed E-state index contributed by atoms with van der Waals surface area (Å²) in [5.74, 6) is -0.280. The van der Waals surface area contributed by atoms with Crippen LogP contribution in [-0.4, -0.2) is 16.9 Å². The van der Waals surface area contributed by atoms with Gasteiger partial charge in [-0.25, -0.2) is 0 Å². The molecule has 1 atom stereocenters. The van der Waals surface area contributed by atoms with Crippen molar-refractivity contribution in [3.63, 3.8) is 0 Å². The fourth-order valence-electron chi connectivity index (χ4n) is 1.85. The summed E-state index contributed by atoms with van der Waals surface area (Å²) in [6.07, 6.45) is 2.60. The molecular formula is C17H18N4O. The summed E-state index contributed by atoms with van der Waals surface area (Å²) in [7, 11) is 0. The van der Waals surface area contributed by atoms with Crippen molar-refractivity contribution in [2.24, 2.45) is 0 Å². The van der Waals surface area contributed by atoms with E-state index in [0.29, 0.717) is 23.0 Å². The predicted molar refractivity (Wildman–Crippen MR) is 86.7 cm³/mol. The summed E-state index contributed by atoms with van der Waals surface area (Å²) < 4.78 is 0. The zero-order chi connectivity index (χ0) is 15.9. The third-order valence-electron chi connectivity index (χ3n) is 3.29. The molecule has 112 valence electrons. The minimum Gasteiger partial charge on any atom is -0.382 e. The average Bonchev–Trinajstić information content (AvgIpc) is 2.55. The molecule has 1 amide bonds. The van der Waals surface area contributed by atoms with E-state index in [0.717, 1.165) is 12.1 Å². The van der Waals surface area contributed by atoms with E-state index in [9.17, 15) is 4.79 Å². The topological polar surface area (TPSA) is 77.8 Å². The smallest absolute Gasteiger partial charge is 0.274 e. The molecule has 2 rings (SSSR count). The first-order valence-electron chi connectivity index (χ1n) is 7.16. The Labute approximate surface area is 130 Å². The highest BCUT2D eigenvalue weighted by Crippen LogP contribution is 2.13. The number of carbonyl (C=O) groups is 1. The van der Waals surface area contributed by atoms with Crippen LogP contribution in [0.5, 0.6) is 0 Å². The first kappa shape index (κ1) is 15.5. The Bertz CT molecular complexity index is 689. The summed E-state index contributed by atoms with van der Waals surface area (Å²) in [4.78, 5) is 16.3. The monoisotopic (exact) mass is 294 g/mol. The van der Waals surface area contributed by atoms with Crippen molar-refractivity contribution in [1.82, 2.24) is 4.98 Å². The highest BCUT2D eigenvalue weighted by molar-refractivity contribution is 6.03. The number of benzene rings is 1. The van der Waals surface area contributed by atoms with E-state index in [2.05, 4.69) is 29.5 Å². The standard InChI is InChI=1S/C17H18N4O/c1-3-12(2)20-15-8-9-19-16(10-15)17(22)21-14-6-4-13(11-18)5-7-14/h4-10,12H,3H2,1-2H3,(H,19,20)(H,21,22). The molecule has 0 bridgehead atoms. The molecule has 5 nitrogen and oxygen atoms in total. The maximum atomic E-state index is 12.2. The van der Waals surface area contributed by atoms with Crippen LogP contribution in [0.3, 0.4) is 0 Å². The first-order chi connectivity index (χ1) is 10.6. The molecule has 0 spiro atoms. The summed E-state index contributed by atoms with van der Waals surface area (Å²) in [5.41, 5.74) is 2.40. The number of anilines is 2. The number of aromatic nitrogens is 1. The Morgan fingerprint density at radius 1 is 1.27 bits per heavy atom. The van der Waals surface area contributed by atoms with Crippen LogP contribution in [0.1, 0.15) is 36.3 Å². The number of carbonyl (C=O) groups excluding carboxylic acids is 1. The van der Waals surface area contributed by atoms with E-state index in [1.54, 1.807) is 36.5 Å². The minimum absolute atomic E-state index is 0.280. The van der Waals surface area contributed by atoms with Crippen LogP contribution in [0.4, 0.5) is 11.4 Å². The number of nitrogens with zero attached hydrogens (tertiary/aromatic N) is 2. The van der Waals surface area contributed by atoms with Crippen LogP contribution in [0.25, 0.3) is 0 Å². The zero-order valence-corrected chi connectivity index (χ0v) is 12.6. The van der Waals surface area contributed by atoms with Gasteiger partial charge in [-0.3, -0.25) is 9.78 Å². The summed E-state index contributed by atoms with van der Waals surface area (Å²) >= 11 is 0. The van der Waals surface area contributed by atoms with Gasteiger partial charge in [0, 0.05) is 23.6 Å². The minimum atomic E-state index is -0.280. The molecule has 2 N–H and O–H groups in total. The number of amides is 1. The lowest BCUT2D eigenvalue weighted by atomic mass is 10.2. The molecular weight excluding hydrogens is 276 g/mol. The van der Waals surface area contributed by atoms with Crippen LogP contribution in [0.15, 0.2) is 42.6 Å². The van der Waals surface area contributed by atoms with Gasteiger partial charge < -0.3 is 10.6 Å². The van der Waals surface area contributed by atoms with Crippen LogP contribution in [-0.2, 0) is 0 Å². The molecule has 0 saturated carbocycles. The second-order valence-electron chi connectivity index (χ2n) is 5.03. The first-order valence-corrected chi connectivity index (χ1v) is 7.16. The van der Waals surface area contributed by atoms with Crippen LogP contribution >= 0.6 is 0 Å². The molecule has 2 aromatic rings. The molecule has 0 fully saturated rings. The van der Waals surface area contributed by atoms with Crippen molar-refractivity contribution in [3.05, 3.63) is 53.9 Å². The predicted octanol–water partition coefficient (Wildman–Crippen LogP) is 3.42. The molecule has 0 aliphatic carbocycles. The molecule has 22 heavy (non-hydrogen) atoms. The van der Waals surface area contributed by atoms with Crippen LogP contribution in [0, 0.1) is 11.3 Å². The van der Waals surface area contributed by atoms with Crippen molar-refractivity contribution in [3.8, 4) is 6.07 Å². The highest BCUT2D eigenvalue weighted by atomic mass is 16.1. The highest BCUT2D eigenvalue weighted by Gasteiger charge is 2.09. The Balaban J connectivity index is 2.08. The maximum Gasteiger partial charge on any atom is 0.274 e. The Morgan fingerprint density at radius 3 is 2.64 bits per heavy atom. The molecule has 1 aromatic carbocycles. The normalized spacial score (nSPS) is 11.3. The summed E-state index contributed by atoms with van der Waals surface area (Å²) in [6.45, 7) is 4.17. The van der Waals surface area contributed by atoms with Gasteiger partial charge in [0.1, 0.15) is 5.69 Å². The van der Waals surface area contributed by atoms with Crippen molar-refractivity contribution in [2.45, 2.75) is 26.3 Å². The van der Waals surface area contributed by atoms with E-state index < -0.39 is 0 Å². The number of hydrogen-bond acceptors (Lipinski definition) is 4. The van der Waals surface area contributed by atoms with Crippen molar-refractivity contribution < 1.29 is 4.79 Å². The molecule has 1 aromatic heterocycles. The van der Waals surface area contributed by atoms with E-state index in [1.807, 2.05) is 12.1 Å². The quantitative estimate of drug-likeness (QED) is 0.885. The lowest BCUT2D eigenvalue weighted by molar-refractivity contribution is 0.102. The van der Waals surface area contributed by atoms with Gasteiger partial charge in [0.2, 0.25) is 0 Å². The van der Waals surface area contributed by atoms with E-state index in [-0.39, 0.29) is 5.91 Å². The summed E-state index contributed by atoms with van der Waals surface area (Å²) in [6, 6.07) is 12.6. The number of rotatable bonds is 5. The number of pyridine rings is 1. The fraction of sp³-hybridized carbons (Fsp3) is 0.235. The van der Waals surface area contributed by atoms with Crippen molar-refractivity contribution in [1.29, 1.82) is 5.26 Å².